The molecule has 1 aliphatic carbocycles. The lowest BCUT2D eigenvalue weighted by Crippen LogP contribution is -2.19. The van der Waals surface area contributed by atoms with E-state index in [1.807, 2.05) is 22.3 Å². The van der Waals surface area contributed by atoms with Gasteiger partial charge in [0.2, 0.25) is 0 Å². The maximum Gasteiger partial charge on any atom is 0.264 e. The fourth-order valence-corrected chi connectivity index (χ4v) is 4.11. The summed E-state index contributed by atoms with van der Waals surface area (Å²) in [5, 5.41) is 3.25. The average Bonchev–Trinajstić information content (AvgIpc) is 2.52. The van der Waals surface area contributed by atoms with Crippen molar-refractivity contribution in [2.75, 3.05) is 12.3 Å². The Morgan fingerprint density at radius 1 is 1.52 bits per heavy atom. The zero-order valence-corrected chi connectivity index (χ0v) is 17.0. The van der Waals surface area contributed by atoms with Crippen LogP contribution in [0.3, 0.4) is 0 Å². The van der Waals surface area contributed by atoms with Gasteiger partial charge in [0.15, 0.2) is 0 Å². The highest BCUT2D eigenvalue weighted by atomic mass is 127. The Morgan fingerprint density at radius 2 is 2.22 bits per heavy atom. The molecule has 23 heavy (non-hydrogen) atoms. The molecule has 0 aliphatic heterocycles. The Kier molecular flexibility index (Phi) is 8.12. The van der Waals surface area contributed by atoms with E-state index >= 15 is 0 Å². The monoisotopic (exact) mass is 467 g/mol. The third-order valence-electron chi connectivity index (χ3n) is 2.94. The third kappa shape index (κ3) is 8.78. The Balaban J connectivity index is 2.82. The second kappa shape index (κ2) is 9.10. The molecule has 0 aromatic rings. The largest absolute Gasteiger partial charge is 0.384 e. The van der Waals surface area contributed by atoms with Crippen molar-refractivity contribution < 1.29 is 13.0 Å². The summed E-state index contributed by atoms with van der Waals surface area (Å²) in [6.45, 7) is 8.73. The van der Waals surface area contributed by atoms with Crippen molar-refractivity contribution in [1.29, 1.82) is 0 Å². The van der Waals surface area contributed by atoms with E-state index in [2.05, 4.69) is 60.5 Å². The molecule has 0 saturated carbocycles. The summed E-state index contributed by atoms with van der Waals surface area (Å²) in [5.41, 5.74) is 0.848. The molecule has 0 bridgehead atoms. The maximum atomic E-state index is 10.8. The zero-order valence-electron chi connectivity index (χ0n) is 13.3. The van der Waals surface area contributed by atoms with Crippen LogP contribution in [-0.2, 0) is 10.1 Å². The molecule has 0 unspecified atom stereocenters. The van der Waals surface area contributed by atoms with Crippen molar-refractivity contribution in [1.82, 2.24) is 5.32 Å². The molecule has 0 amide bonds. The van der Waals surface area contributed by atoms with Crippen LogP contribution in [-0.4, -0.2) is 25.3 Å². The van der Waals surface area contributed by atoms with Gasteiger partial charge in [-0.1, -0.05) is 73.0 Å². The predicted molar refractivity (Wildman–Crippen MR) is 108 cm³/mol. The van der Waals surface area contributed by atoms with Gasteiger partial charge >= 0.3 is 0 Å². The molecule has 2 N–H and O–H groups in total. The highest BCUT2D eigenvalue weighted by Gasteiger charge is 2.17. The number of hydrogen-bond acceptors (Lipinski definition) is 4. The Labute approximate surface area is 156 Å². The molecular weight excluding hydrogens is 445 g/mol. The van der Waals surface area contributed by atoms with Crippen LogP contribution in [0.25, 0.3) is 0 Å². The number of halogens is 1. The summed E-state index contributed by atoms with van der Waals surface area (Å²) in [6, 6.07) is 0. The molecule has 128 valence electrons. The van der Waals surface area contributed by atoms with Crippen LogP contribution in [0.4, 0.5) is 0 Å². The van der Waals surface area contributed by atoms with Gasteiger partial charge in [-0.25, -0.2) is 0 Å². The molecule has 0 fully saturated rings. The molecule has 0 aromatic carbocycles. The smallest absolute Gasteiger partial charge is 0.264 e. The molecule has 1 rings (SSSR count). The molecule has 7 heteroatoms. The van der Waals surface area contributed by atoms with Crippen LogP contribution in [0.1, 0.15) is 20.3 Å². The normalized spacial score (nSPS) is 17.6. The quantitative estimate of drug-likeness (QED) is 0.240. The molecule has 0 radical (unpaired) electrons. The molecule has 0 heterocycles. The van der Waals surface area contributed by atoms with Crippen LogP contribution in [0.15, 0.2) is 56.5 Å². The average molecular weight is 467 g/mol. The van der Waals surface area contributed by atoms with Crippen LogP contribution in [0.5, 0.6) is 0 Å². The molecule has 1 aliphatic rings. The van der Waals surface area contributed by atoms with Gasteiger partial charge in [0.25, 0.3) is 10.1 Å². The van der Waals surface area contributed by atoms with E-state index in [0.29, 0.717) is 13.0 Å². The van der Waals surface area contributed by atoms with E-state index in [4.69, 9.17) is 4.55 Å². The second-order valence-electron chi connectivity index (χ2n) is 5.70. The van der Waals surface area contributed by atoms with Crippen molar-refractivity contribution in [3.05, 3.63) is 56.5 Å². The number of allylic oxidation sites excluding steroid dienone is 5. The highest BCUT2D eigenvalue weighted by molar-refractivity contribution is 14.1. The Hall–Kier alpha value is -0.510. The van der Waals surface area contributed by atoms with E-state index < -0.39 is 10.1 Å². The maximum absolute atomic E-state index is 10.8. The van der Waals surface area contributed by atoms with Gasteiger partial charge in [-0.3, -0.25) is 4.55 Å². The molecule has 4 nitrogen and oxygen atoms in total. The summed E-state index contributed by atoms with van der Waals surface area (Å²) >= 11 is 3.72. The van der Waals surface area contributed by atoms with Crippen molar-refractivity contribution in [2.45, 2.75) is 20.3 Å². The van der Waals surface area contributed by atoms with Crippen LogP contribution < -0.4 is 5.32 Å². The minimum atomic E-state index is -3.91. The van der Waals surface area contributed by atoms with Crippen molar-refractivity contribution >= 4 is 44.5 Å². The Bertz CT molecular complexity index is 659. The van der Waals surface area contributed by atoms with Gasteiger partial charge < -0.3 is 5.32 Å². The van der Waals surface area contributed by atoms with E-state index in [1.54, 1.807) is 11.8 Å². The Morgan fingerprint density at radius 3 is 2.83 bits per heavy atom. The minimum absolute atomic E-state index is 0.0784. The van der Waals surface area contributed by atoms with Crippen LogP contribution in [0.2, 0.25) is 0 Å². The number of rotatable bonds is 8. The van der Waals surface area contributed by atoms with Crippen LogP contribution in [0, 0.1) is 5.41 Å². The SMILES string of the molecule is C=C(/C=C/I)SC1=CC(C)(C)C=CC=C1NCCCS(=O)(=O)O. The summed E-state index contributed by atoms with van der Waals surface area (Å²) < 4.78 is 32.2. The summed E-state index contributed by atoms with van der Waals surface area (Å²) in [6.07, 6.45) is 10.5. The van der Waals surface area contributed by atoms with Gasteiger partial charge in [0.1, 0.15) is 0 Å². The number of nitrogens with one attached hydrogen (secondary N) is 1. The first kappa shape index (κ1) is 20.5. The lowest BCUT2D eigenvalue weighted by molar-refractivity contribution is 0.480. The van der Waals surface area contributed by atoms with Crippen molar-refractivity contribution in [2.24, 2.45) is 5.41 Å². The van der Waals surface area contributed by atoms with Crippen molar-refractivity contribution in [3.63, 3.8) is 0 Å². The van der Waals surface area contributed by atoms with E-state index in [0.717, 1.165) is 15.5 Å². The van der Waals surface area contributed by atoms with E-state index in [-0.39, 0.29) is 11.2 Å². The zero-order chi connectivity index (χ0) is 17.5. The lowest BCUT2D eigenvalue weighted by atomic mass is 9.93. The minimum Gasteiger partial charge on any atom is -0.384 e. The van der Waals surface area contributed by atoms with E-state index in [9.17, 15) is 8.42 Å². The first-order valence-electron chi connectivity index (χ1n) is 7.08. The van der Waals surface area contributed by atoms with Gasteiger partial charge in [-0.15, -0.1) is 0 Å². The molecule has 0 spiro atoms. The summed E-state index contributed by atoms with van der Waals surface area (Å²) in [4.78, 5) is 1.97. The summed E-state index contributed by atoms with van der Waals surface area (Å²) in [5.74, 6) is -0.245. The van der Waals surface area contributed by atoms with Crippen LogP contribution >= 0.6 is 34.4 Å². The fraction of sp³-hybridized carbons (Fsp3) is 0.375. The van der Waals surface area contributed by atoms with Gasteiger partial charge in [-0.2, -0.15) is 8.42 Å². The first-order chi connectivity index (χ1) is 10.6. The van der Waals surface area contributed by atoms with Crippen molar-refractivity contribution in [3.8, 4) is 0 Å². The fourth-order valence-electron chi connectivity index (χ4n) is 1.89. The lowest BCUT2D eigenvalue weighted by Gasteiger charge is -2.18. The molecular formula is C16H22INO3S2. The predicted octanol–water partition coefficient (Wildman–Crippen LogP) is 4.41. The molecule has 0 saturated heterocycles. The van der Waals surface area contributed by atoms with E-state index in [1.165, 1.54) is 0 Å². The first-order valence-corrected chi connectivity index (χ1v) is 10.8. The number of hydrogen-bond donors (Lipinski definition) is 2. The molecule has 0 atom stereocenters. The summed E-state index contributed by atoms with van der Waals surface area (Å²) in [7, 11) is -3.91. The highest BCUT2D eigenvalue weighted by Crippen LogP contribution is 2.36. The number of thioether (sulfide) groups is 1. The van der Waals surface area contributed by atoms with Gasteiger partial charge in [-0.05, 0) is 22.7 Å². The topological polar surface area (TPSA) is 66.4 Å². The van der Waals surface area contributed by atoms with Gasteiger partial charge in [0.05, 0.1) is 5.75 Å². The van der Waals surface area contributed by atoms with Gasteiger partial charge in [0, 0.05) is 27.5 Å². The standard InChI is InChI=1S/C16H22INO3S2/c1-13(7-9-17)22-15-12-16(2,3)8-4-6-14(15)18-10-5-11-23(19,20)21/h4,6-9,12,18H,1,5,10-11H2,2-3H3,(H,19,20,21)/b9-7+. The third-order valence-corrected chi connectivity index (χ3v) is 5.06. The molecule has 0 aromatic heterocycles. The second-order valence-corrected chi connectivity index (χ2v) is 9.16.